The molecule has 0 aliphatic carbocycles. The van der Waals surface area contributed by atoms with Gasteiger partial charge in [0.2, 0.25) is 6.29 Å². The van der Waals surface area contributed by atoms with Crippen molar-refractivity contribution in [2.75, 3.05) is 13.7 Å². The van der Waals surface area contributed by atoms with E-state index in [1.54, 1.807) is 0 Å². The lowest BCUT2D eigenvalue weighted by Crippen LogP contribution is -2.64. The van der Waals surface area contributed by atoms with Crippen LogP contribution in [-0.2, 0) is 14.2 Å². The molecule has 2 saturated heterocycles. The van der Waals surface area contributed by atoms with Crippen molar-refractivity contribution in [2.45, 2.75) is 68.3 Å². The second kappa shape index (κ2) is 12.2. The van der Waals surface area contributed by atoms with Crippen LogP contribution in [0.5, 0.6) is 23.0 Å². The van der Waals surface area contributed by atoms with Crippen LogP contribution in [0.3, 0.4) is 0 Å². The Labute approximate surface area is 243 Å². The highest BCUT2D eigenvalue weighted by atomic mass is 16.8. The molecular weight excluding hydrogens is 576 g/mol. The molecule has 43 heavy (non-hydrogen) atoms. The lowest BCUT2D eigenvalue weighted by Gasteiger charge is -2.45. The van der Waals surface area contributed by atoms with Gasteiger partial charge in [-0.25, -0.2) is 0 Å². The lowest BCUT2D eigenvalue weighted by atomic mass is 9.97. The monoisotopic (exact) mass is 608 g/mol. The Morgan fingerprint density at radius 3 is 2.28 bits per heavy atom. The van der Waals surface area contributed by atoms with E-state index in [9.17, 15) is 45.6 Å². The second-order valence-electron chi connectivity index (χ2n) is 10.3. The second-order valence-corrected chi connectivity index (χ2v) is 10.3. The van der Waals surface area contributed by atoms with Crippen molar-refractivity contribution < 1.29 is 69.0 Å². The number of phenolic OH excluding ortho intramolecular Hbond substituents is 2. The molecule has 10 atom stereocenters. The van der Waals surface area contributed by atoms with Gasteiger partial charge in [-0.2, -0.15) is 0 Å². The van der Waals surface area contributed by atoms with E-state index < -0.39 is 79.2 Å². The Bertz CT molecular complexity index is 1510. The molecule has 1 aromatic heterocycles. The molecular formula is C28H32O15. The molecule has 2 aliphatic rings. The van der Waals surface area contributed by atoms with Gasteiger partial charge < -0.3 is 69.0 Å². The fraction of sp³-hybridized carbons (Fsp3) is 0.464. The van der Waals surface area contributed by atoms with Gasteiger partial charge in [-0.15, -0.1) is 0 Å². The molecule has 3 heterocycles. The molecule has 0 spiro atoms. The normalized spacial score (nSPS) is 32.9. The van der Waals surface area contributed by atoms with Crippen molar-refractivity contribution in [3.63, 3.8) is 0 Å². The minimum atomic E-state index is -1.77. The van der Waals surface area contributed by atoms with Gasteiger partial charge in [0.15, 0.2) is 29.3 Å². The maximum Gasteiger partial charge on any atom is 0.229 e. The zero-order valence-electron chi connectivity index (χ0n) is 22.9. The van der Waals surface area contributed by atoms with Gasteiger partial charge in [0.25, 0.3) is 0 Å². The summed E-state index contributed by atoms with van der Waals surface area (Å²) in [5, 5.41) is 82.0. The van der Waals surface area contributed by atoms with Crippen molar-refractivity contribution in [2.24, 2.45) is 0 Å². The Kier molecular flexibility index (Phi) is 8.80. The maximum atomic E-state index is 12.9. The van der Waals surface area contributed by atoms with Crippen LogP contribution in [0.1, 0.15) is 6.92 Å². The van der Waals surface area contributed by atoms with Gasteiger partial charge in [0.1, 0.15) is 64.9 Å². The SMILES string of the molecule is COc1cc(-c2cc(=O)c3c(O)cc(O[C@H]4O[C@H](CO)[C@@H](O)[C@H](O)[C@@H]4O[C@H]4O[C@@H](C)[C@@H](O)[C@H](O)[C@@H]4O)cc3o2)ccc1O. The van der Waals surface area contributed by atoms with Crippen LogP contribution in [0.15, 0.2) is 45.6 Å². The molecule has 0 radical (unpaired) electrons. The van der Waals surface area contributed by atoms with E-state index in [0.29, 0.717) is 5.56 Å². The topological polar surface area (TPSA) is 238 Å². The van der Waals surface area contributed by atoms with Crippen LogP contribution < -0.4 is 14.9 Å². The number of phenols is 2. The zero-order valence-corrected chi connectivity index (χ0v) is 22.9. The summed E-state index contributed by atoms with van der Waals surface area (Å²) >= 11 is 0. The fourth-order valence-corrected chi connectivity index (χ4v) is 5.00. The van der Waals surface area contributed by atoms with Crippen molar-refractivity contribution in [1.29, 1.82) is 0 Å². The Balaban J connectivity index is 1.49. The molecule has 2 aromatic carbocycles. The molecule has 3 aromatic rings. The van der Waals surface area contributed by atoms with E-state index in [1.165, 1.54) is 38.3 Å². The Morgan fingerprint density at radius 1 is 0.837 bits per heavy atom. The summed E-state index contributed by atoms with van der Waals surface area (Å²) in [6.45, 7) is 0.690. The van der Waals surface area contributed by atoms with Crippen molar-refractivity contribution in [3.05, 3.63) is 46.6 Å². The summed E-state index contributed by atoms with van der Waals surface area (Å²) in [6, 6.07) is 7.74. The quantitative estimate of drug-likeness (QED) is 0.159. The first-order valence-electron chi connectivity index (χ1n) is 13.3. The number of aliphatic hydroxyl groups is 6. The number of benzene rings is 2. The minimum Gasteiger partial charge on any atom is -0.507 e. The predicted octanol–water partition coefficient (Wildman–Crippen LogP) is -1.09. The molecule has 0 amide bonds. The number of aliphatic hydroxyl groups excluding tert-OH is 6. The number of aromatic hydroxyl groups is 2. The first-order valence-corrected chi connectivity index (χ1v) is 13.3. The summed E-state index contributed by atoms with van der Waals surface area (Å²) in [4.78, 5) is 12.9. The molecule has 15 nitrogen and oxygen atoms in total. The van der Waals surface area contributed by atoms with Crippen molar-refractivity contribution in [1.82, 2.24) is 0 Å². The minimum absolute atomic E-state index is 0.0691. The van der Waals surface area contributed by atoms with E-state index >= 15 is 0 Å². The Morgan fingerprint density at radius 2 is 1.58 bits per heavy atom. The van der Waals surface area contributed by atoms with Gasteiger partial charge in [-0.1, -0.05) is 0 Å². The molecule has 0 bridgehead atoms. The van der Waals surface area contributed by atoms with E-state index in [4.69, 9.17) is 28.1 Å². The van der Waals surface area contributed by atoms with Crippen LogP contribution in [0.2, 0.25) is 0 Å². The van der Waals surface area contributed by atoms with E-state index in [2.05, 4.69) is 0 Å². The third kappa shape index (κ3) is 5.86. The number of hydrogen-bond donors (Lipinski definition) is 8. The smallest absolute Gasteiger partial charge is 0.229 e. The third-order valence-electron chi connectivity index (χ3n) is 7.42. The average Bonchev–Trinajstić information content (AvgIpc) is 2.97. The van der Waals surface area contributed by atoms with E-state index in [-0.39, 0.29) is 34.0 Å². The van der Waals surface area contributed by atoms with Gasteiger partial charge in [0, 0.05) is 23.8 Å². The number of hydrogen-bond acceptors (Lipinski definition) is 15. The number of methoxy groups -OCH3 is 1. The standard InChI is InChI=1S/C28H32O15/c1-10-21(33)23(35)25(37)27(39-10)43-26-24(36)22(34)19(9-29)42-28(26)40-12-6-14(31)20-15(32)8-16(41-18(20)7-12)11-3-4-13(30)17(5-11)38-2/h3-8,10,19,21-31,33-37H,9H2,1-2H3/t10-,19+,21+,22+,23-,24-,25-,26-,27+,28-/m0/s1. The maximum absolute atomic E-state index is 12.9. The van der Waals surface area contributed by atoms with Crippen LogP contribution >= 0.6 is 0 Å². The van der Waals surface area contributed by atoms with Gasteiger partial charge in [-0.05, 0) is 25.1 Å². The molecule has 234 valence electrons. The molecule has 2 fully saturated rings. The highest BCUT2D eigenvalue weighted by Crippen LogP contribution is 2.36. The average molecular weight is 609 g/mol. The number of ether oxygens (including phenoxy) is 5. The molecule has 15 heteroatoms. The summed E-state index contributed by atoms with van der Waals surface area (Å²) in [5.74, 6) is -0.614. The van der Waals surface area contributed by atoms with Crippen molar-refractivity contribution in [3.8, 4) is 34.3 Å². The number of fused-ring (bicyclic) bond motifs is 1. The zero-order chi connectivity index (χ0) is 31.2. The summed E-state index contributed by atoms with van der Waals surface area (Å²) in [5.41, 5.74) is -0.340. The fourth-order valence-electron chi connectivity index (χ4n) is 5.00. The highest BCUT2D eigenvalue weighted by molar-refractivity contribution is 5.86. The summed E-state index contributed by atoms with van der Waals surface area (Å²) in [7, 11) is 1.35. The highest BCUT2D eigenvalue weighted by Gasteiger charge is 2.50. The van der Waals surface area contributed by atoms with Crippen LogP contribution in [-0.4, -0.2) is 116 Å². The van der Waals surface area contributed by atoms with Crippen LogP contribution in [0.4, 0.5) is 0 Å². The van der Waals surface area contributed by atoms with E-state index in [0.717, 1.165) is 12.1 Å². The molecule has 8 N–H and O–H groups in total. The summed E-state index contributed by atoms with van der Waals surface area (Å²) < 4.78 is 33.6. The van der Waals surface area contributed by atoms with E-state index in [1.807, 2.05) is 0 Å². The van der Waals surface area contributed by atoms with Crippen molar-refractivity contribution >= 4 is 11.0 Å². The van der Waals surface area contributed by atoms with Crippen LogP contribution in [0, 0.1) is 0 Å². The molecule has 5 rings (SSSR count). The molecule has 0 unspecified atom stereocenters. The predicted molar refractivity (Wildman–Crippen MR) is 143 cm³/mol. The Hall–Kier alpha value is -3.51. The van der Waals surface area contributed by atoms with Gasteiger partial charge in [-0.3, -0.25) is 4.79 Å². The third-order valence-corrected chi connectivity index (χ3v) is 7.42. The molecule has 2 aliphatic heterocycles. The number of rotatable bonds is 7. The summed E-state index contributed by atoms with van der Waals surface area (Å²) in [6.07, 6.45) is -15.4. The molecule has 0 saturated carbocycles. The van der Waals surface area contributed by atoms with Crippen LogP contribution in [0.25, 0.3) is 22.3 Å². The first-order chi connectivity index (χ1) is 20.4. The van der Waals surface area contributed by atoms with Gasteiger partial charge >= 0.3 is 0 Å². The van der Waals surface area contributed by atoms with Gasteiger partial charge in [0.05, 0.1) is 19.8 Å². The first kappa shape index (κ1) is 30.9. The largest absolute Gasteiger partial charge is 0.507 e. The lowest BCUT2D eigenvalue weighted by molar-refractivity contribution is -0.354.